The van der Waals surface area contributed by atoms with E-state index in [-0.39, 0.29) is 23.6 Å². The molecule has 1 aromatic carbocycles. The van der Waals surface area contributed by atoms with Crippen molar-refractivity contribution in [3.8, 4) is 5.75 Å². The maximum atomic E-state index is 12.0. The minimum Gasteiger partial charge on any atom is -0.508 e. The van der Waals surface area contributed by atoms with Crippen LogP contribution in [-0.2, 0) is 0 Å². The molecule has 1 amide bonds. The first-order chi connectivity index (χ1) is 8.58. The molecule has 3 N–H and O–H groups in total. The van der Waals surface area contributed by atoms with Crippen LogP contribution in [0.25, 0.3) is 0 Å². The van der Waals surface area contributed by atoms with Crippen molar-refractivity contribution >= 4 is 5.91 Å². The third-order valence-electron chi connectivity index (χ3n) is 3.61. The van der Waals surface area contributed by atoms with Gasteiger partial charge < -0.3 is 15.5 Å². The molecule has 0 spiro atoms. The standard InChI is InChI=1S/C14H19NO3/c1-9-3-2-4-12(17)13(9)15-14(18)10-5-7-11(16)8-6-10/h5-9,12-13,16-17H,2-4H2,1H3,(H,15,18). The van der Waals surface area contributed by atoms with Crippen molar-refractivity contribution in [1.29, 1.82) is 0 Å². The van der Waals surface area contributed by atoms with Gasteiger partial charge in [-0.3, -0.25) is 4.79 Å². The lowest BCUT2D eigenvalue weighted by Crippen LogP contribution is -2.49. The molecule has 0 aliphatic heterocycles. The predicted molar refractivity (Wildman–Crippen MR) is 68.4 cm³/mol. The Morgan fingerprint density at radius 1 is 1.28 bits per heavy atom. The molecule has 1 saturated carbocycles. The molecule has 0 radical (unpaired) electrons. The van der Waals surface area contributed by atoms with E-state index in [1.54, 1.807) is 12.1 Å². The first-order valence-electron chi connectivity index (χ1n) is 6.36. The second kappa shape index (κ2) is 5.40. The Balaban J connectivity index is 2.04. The molecule has 4 heteroatoms. The van der Waals surface area contributed by atoms with Gasteiger partial charge in [0.1, 0.15) is 5.75 Å². The molecule has 2 rings (SSSR count). The number of nitrogens with one attached hydrogen (secondary N) is 1. The van der Waals surface area contributed by atoms with Crippen LogP contribution in [0.2, 0.25) is 0 Å². The second-order valence-electron chi connectivity index (χ2n) is 5.02. The van der Waals surface area contributed by atoms with Crippen LogP contribution < -0.4 is 5.32 Å². The van der Waals surface area contributed by atoms with Crippen molar-refractivity contribution in [2.75, 3.05) is 0 Å². The minimum absolute atomic E-state index is 0.137. The SMILES string of the molecule is CC1CCCC(O)C1NC(=O)c1ccc(O)cc1. The molecule has 18 heavy (non-hydrogen) atoms. The zero-order valence-electron chi connectivity index (χ0n) is 10.5. The summed E-state index contributed by atoms with van der Waals surface area (Å²) in [6.07, 6.45) is 2.31. The van der Waals surface area contributed by atoms with E-state index >= 15 is 0 Å². The van der Waals surface area contributed by atoms with Crippen molar-refractivity contribution in [3.63, 3.8) is 0 Å². The quantitative estimate of drug-likeness (QED) is 0.746. The first kappa shape index (κ1) is 12.9. The van der Waals surface area contributed by atoms with Crippen LogP contribution in [-0.4, -0.2) is 28.3 Å². The maximum Gasteiger partial charge on any atom is 0.251 e. The van der Waals surface area contributed by atoms with E-state index < -0.39 is 6.10 Å². The van der Waals surface area contributed by atoms with Crippen LogP contribution in [0.15, 0.2) is 24.3 Å². The molecule has 1 fully saturated rings. The number of phenols is 1. The molecule has 0 saturated heterocycles. The Labute approximate surface area is 107 Å². The number of amides is 1. The van der Waals surface area contributed by atoms with Crippen molar-refractivity contribution < 1.29 is 15.0 Å². The van der Waals surface area contributed by atoms with Crippen LogP contribution in [0.3, 0.4) is 0 Å². The summed E-state index contributed by atoms with van der Waals surface area (Å²) in [6, 6.07) is 5.93. The lowest BCUT2D eigenvalue weighted by atomic mass is 9.83. The number of benzene rings is 1. The Morgan fingerprint density at radius 3 is 2.56 bits per heavy atom. The minimum atomic E-state index is -0.463. The molecule has 1 aliphatic rings. The Kier molecular flexibility index (Phi) is 3.87. The lowest BCUT2D eigenvalue weighted by Gasteiger charge is -2.34. The van der Waals surface area contributed by atoms with Gasteiger partial charge in [0.05, 0.1) is 12.1 Å². The van der Waals surface area contributed by atoms with Crippen molar-refractivity contribution in [2.24, 2.45) is 5.92 Å². The summed E-state index contributed by atoms with van der Waals surface area (Å²) in [7, 11) is 0. The fourth-order valence-corrected chi connectivity index (χ4v) is 2.47. The van der Waals surface area contributed by atoms with Crippen LogP contribution >= 0.6 is 0 Å². The smallest absolute Gasteiger partial charge is 0.251 e. The summed E-state index contributed by atoms with van der Waals surface area (Å²) in [5.41, 5.74) is 0.498. The maximum absolute atomic E-state index is 12.0. The molecule has 1 aromatic rings. The number of aliphatic hydroxyl groups is 1. The zero-order valence-corrected chi connectivity index (χ0v) is 10.5. The molecule has 0 bridgehead atoms. The number of hydrogen-bond acceptors (Lipinski definition) is 3. The number of rotatable bonds is 2. The average molecular weight is 249 g/mol. The third kappa shape index (κ3) is 2.82. The normalized spacial score (nSPS) is 27.8. The summed E-state index contributed by atoms with van der Waals surface area (Å²) in [5, 5.41) is 22.0. The molecule has 0 aromatic heterocycles. The fourth-order valence-electron chi connectivity index (χ4n) is 2.47. The predicted octanol–water partition coefficient (Wildman–Crippen LogP) is 1.67. The van der Waals surface area contributed by atoms with Gasteiger partial charge >= 0.3 is 0 Å². The number of aliphatic hydroxyl groups excluding tert-OH is 1. The highest BCUT2D eigenvalue weighted by atomic mass is 16.3. The zero-order chi connectivity index (χ0) is 13.1. The molecule has 1 aliphatic carbocycles. The topological polar surface area (TPSA) is 69.6 Å². The summed E-state index contributed by atoms with van der Waals surface area (Å²) >= 11 is 0. The van der Waals surface area contributed by atoms with Gasteiger partial charge in [0.15, 0.2) is 0 Å². The van der Waals surface area contributed by atoms with E-state index in [1.165, 1.54) is 12.1 Å². The van der Waals surface area contributed by atoms with Gasteiger partial charge in [0.25, 0.3) is 5.91 Å². The Bertz CT molecular complexity index is 406. The molecular formula is C14H19NO3. The Hall–Kier alpha value is -1.55. The van der Waals surface area contributed by atoms with Crippen LogP contribution in [0, 0.1) is 5.92 Å². The van der Waals surface area contributed by atoms with Crippen LogP contribution in [0.4, 0.5) is 0 Å². The summed E-state index contributed by atoms with van der Waals surface area (Å²) in [4.78, 5) is 12.0. The monoisotopic (exact) mass is 249 g/mol. The van der Waals surface area contributed by atoms with Crippen molar-refractivity contribution in [3.05, 3.63) is 29.8 Å². The number of carbonyl (C=O) groups is 1. The first-order valence-corrected chi connectivity index (χ1v) is 6.36. The van der Waals surface area contributed by atoms with E-state index in [2.05, 4.69) is 5.32 Å². The van der Waals surface area contributed by atoms with E-state index in [1.807, 2.05) is 6.92 Å². The van der Waals surface area contributed by atoms with Gasteiger partial charge in [0, 0.05) is 5.56 Å². The van der Waals surface area contributed by atoms with Crippen LogP contribution in [0.1, 0.15) is 36.5 Å². The molecule has 4 nitrogen and oxygen atoms in total. The Morgan fingerprint density at radius 2 is 1.94 bits per heavy atom. The van der Waals surface area contributed by atoms with E-state index in [9.17, 15) is 15.0 Å². The molecule has 3 atom stereocenters. The second-order valence-corrected chi connectivity index (χ2v) is 5.02. The third-order valence-corrected chi connectivity index (χ3v) is 3.61. The fraction of sp³-hybridized carbons (Fsp3) is 0.500. The van der Waals surface area contributed by atoms with Gasteiger partial charge in [-0.05, 0) is 43.0 Å². The average Bonchev–Trinajstić information content (AvgIpc) is 2.34. The number of hydrogen-bond donors (Lipinski definition) is 3. The summed E-state index contributed by atoms with van der Waals surface area (Å²) in [6.45, 7) is 2.05. The number of carbonyl (C=O) groups excluding carboxylic acids is 1. The summed E-state index contributed by atoms with van der Waals surface area (Å²) in [5.74, 6) is 0.222. The van der Waals surface area contributed by atoms with Gasteiger partial charge in [0.2, 0.25) is 0 Å². The largest absolute Gasteiger partial charge is 0.508 e. The van der Waals surface area contributed by atoms with Gasteiger partial charge in [-0.15, -0.1) is 0 Å². The lowest BCUT2D eigenvalue weighted by molar-refractivity contribution is 0.0544. The van der Waals surface area contributed by atoms with Crippen molar-refractivity contribution in [2.45, 2.75) is 38.3 Å². The van der Waals surface area contributed by atoms with Gasteiger partial charge in [-0.1, -0.05) is 13.3 Å². The summed E-state index contributed by atoms with van der Waals surface area (Å²) < 4.78 is 0. The highest BCUT2D eigenvalue weighted by molar-refractivity contribution is 5.94. The molecule has 0 heterocycles. The van der Waals surface area contributed by atoms with E-state index in [0.29, 0.717) is 5.56 Å². The van der Waals surface area contributed by atoms with Crippen molar-refractivity contribution in [1.82, 2.24) is 5.32 Å². The number of aromatic hydroxyl groups is 1. The molecule has 98 valence electrons. The van der Waals surface area contributed by atoms with E-state index in [4.69, 9.17) is 0 Å². The molecule has 3 unspecified atom stereocenters. The number of phenolic OH excluding ortho intramolecular Hbond substituents is 1. The van der Waals surface area contributed by atoms with Gasteiger partial charge in [-0.25, -0.2) is 0 Å². The highest BCUT2D eigenvalue weighted by Crippen LogP contribution is 2.24. The van der Waals surface area contributed by atoms with Gasteiger partial charge in [-0.2, -0.15) is 0 Å². The van der Waals surface area contributed by atoms with E-state index in [0.717, 1.165) is 19.3 Å². The van der Waals surface area contributed by atoms with Crippen LogP contribution in [0.5, 0.6) is 5.75 Å². The highest BCUT2D eigenvalue weighted by Gasteiger charge is 2.30. The molecular weight excluding hydrogens is 230 g/mol.